The summed E-state index contributed by atoms with van der Waals surface area (Å²) in [7, 11) is 2.13. The summed E-state index contributed by atoms with van der Waals surface area (Å²) in [5.41, 5.74) is 1.86. The maximum absolute atomic E-state index is 13.9. The maximum atomic E-state index is 13.9. The van der Waals surface area contributed by atoms with Crippen LogP contribution in [0.15, 0.2) is 30.4 Å². The van der Waals surface area contributed by atoms with E-state index in [9.17, 15) is 14.4 Å². The van der Waals surface area contributed by atoms with E-state index in [1.54, 1.807) is 0 Å². The molecule has 0 radical (unpaired) electrons. The van der Waals surface area contributed by atoms with Gasteiger partial charge in [0.15, 0.2) is 0 Å². The number of piperidine rings is 1. The molecule has 1 aromatic heterocycles. The third-order valence-corrected chi connectivity index (χ3v) is 11.9. The van der Waals surface area contributed by atoms with Gasteiger partial charge in [-0.05, 0) is 51.4 Å². The van der Waals surface area contributed by atoms with Crippen LogP contribution in [0.3, 0.4) is 0 Å². The number of likely N-dealkylation sites (N-methyl/N-ethyl adjacent to an activating group) is 1. The average molecular weight is 694 g/mol. The Morgan fingerprint density at radius 1 is 1.10 bits per heavy atom. The zero-order valence-electron chi connectivity index (χ0n) is 28.2. The van der Waals surface area contributed by atoms with E-state index in [1.807, 2.05) is 22.9 Å². The predicted octanol–water partition coefficient (Wildman–Crippen LogP) is 0.985. The van der Waals surface area contributed by atoms with Gasteiger partial charge >= 0.3 is 5.97 Å². The van der Waals surface area contributed by atoms with Gasteiger partial charge in [-0.15, -0.1) is 11.3 Å². The van der Waals surface area contributed by atoms with Gasteiger partial charge in [0, 0.05) is 67.6 Å². The van der Waals surface area contributed by atoms with Gasteiger partial charge < -0.3 is 29.5 Å². The molecule has 0 aliphatic carbocycles. The molecule has 0 spiro atoms. The van der Waals surface area contributed by atoms with Crippen LogP contribution in [-0.4, -0.2) is 141 Å². The van der Waals surface area contributed by atoms with Crippen LogP contribution in [0.4, 0.5) is 11.4 Å². The number of anilines is 2. The summed E-state index contributed by atoms with van der Waals surface area (Å²) in [6, 6.07) is 6.16. The first-order valence-electron chi connectivity index (χ1n) is 17.7. The standard InChI is InChI=1S/C34H47N9O5S/c1-3-47-33(46)29-28(40-14-12-39(2)13-15-40)23-16-21(8-9-26(23)49-29)37-34-36-19-24-30(38-34)43-22-17-25-31(35-18-22)48-20-27(44)41(25)10-6-4-5-7-11-42(43)32(24)45/h5,7-9,16,22,24-25,30-31,34-38H,3-4,6,10-15,17-20H2,1-2H3/b7-5-. The van der Waals surface area contributed by atoms with Gasteiger partial charge in [0.05, 0.1) is 37.0 Å². The molecule has 15 heteroatoms. The zero-order valence-corrected chi connectivity index (χ0v) is 29.0. The van der Waals surface area contributed by atoms with Crippen LogP contribution in [0, 0.1) is 5.92 Å². The Kier molecular flexibility index (Phi) is 9.24. The van der Waals surface area contributed by atoms with E-state index in [-0.39, 0.29) is 61.1 Å². The number of rotatable bonds is 5. The molecule has 49 heavy (non-hydrogen) atoms. The number of ether oxygens (including phenoxy) is 2. The quantitative estimate of drug-likeness (QED) is 0.263. The highest BCUT2D eigenvalue weighted by Crippen LogP contribution is 2.41. The Balaban J connectivity index is 1.06. The van der Waals surface area contributed by atoms with Crippen molar-refractivity contribution in [3.05, 3.63) is 35.2 Å². The van der Waals surface area contributed by atoms with E-state index in [2.05, 4.69) is 67.4 Å². The molecule has 6 aliphatic rings. The number of hydrogen-bond donors (Lipinski definition) is 4. The van der Waals surface area contributed by atoms with Crippen LogP contribution in [0.2, 0.25) is 0 Å². The lowest BCUT2D eigenvalue weighted by molar-refractivity contribution is -0.172. The number of carbonyl (C=O) groups excluding carboxylic acids is 3. The molecule has 5 fully saturated rings. The van der Waals surface area contributed by atoms with Crippen molar-refractivity contribution >= 4 is 50.6 Å². The fourth-order valence-corrected chi connectivity index (χ4v) is 9.39. The first-order chi connectivity index (χ1) is 23.9. The molecule has 7 heterocycles. The predicted molar refractivity (Wildman–Crippen MR) is 187 cm³/mol. The number of nitrogens with one attached hydrogen (secondary N) is 4. The van der Waals surface area contributed by atoms with E-state index in [1.165, 1.54) is 11.3 Å². The zero-order chi connectivity index (χ0) is 33.6. The molecule has 4 N–H and O–H groups in total. The van der Waals surface area contributed by atoms with Gasteiger partial charge in [-0.1, -0.05) is 12.2 Å². The fourth-order valence-electron chi connectivity index (χ4n) is 8.29. The number of thiophene rings is 1. The lowest BCUT2D eigenvalue weighted by Crippen LogP contribution is -2.70. The van der Waals surface area contributed by atoms with Gasteiger partial charge in [-0.25, -0.2) is 4.79 Å². The van der Waals surface area contributed by atoms with Gasteiger partial charge in [-0.2, -0.15) is 5.01 Å². The number of nitrogens with zero attached hydrogens (tertiary/aromatic N) is 5. The molecule has 14 nitrogen and oxygen atoms in total. The SMILES string of the molecule is CCOC(=O)c1sc2ccc(NC3NCC4C(=O)N5C/C=C\CCCN6C(=O)COC7NCC(CC76)N5C4N3)cc2c1N1CCN(C)CC1. The number of piperazine rings is 1. The smallest absolute Gasteiger partial charge is 0.350 e. The van der Waals surface area contributed by atoms with Crippen LogP contribution >= 0.6 is 11.3 Å². The Hall–Kier alpha value is -3.31. The summed E-state index contributed by atoms with van der Waals surface area (Å²) < 4.78 is 12.4. The Morgan fingerprint density at radius 2 is 1.96 bits per heavy atom. The summed E-state index contributed by atoms with van der Waals surface area (Å²) in [5, 5.41) is 19.6. The number of esters is 1. The highest BCUT2D eigenvalue weighted by molar-refractivity contribution is 7.21. The monoisotopic (exact) mass is 693 g/mol. The molecule has 8 rings (SSSR count). The van der Waals surface area contributed by atoms with Crippen molar-refractivity contribution in [2.45, 2.75) is 57.0 Å². The van der Waals surface area contributed by atoms with Crippen molar-refractivity contribution in [1.29, 1.82) is 0 Å². The first kappa shape index (κ1) is 32.9. The van der Waals surface area contributed by atoms with Crippen molar-refractivity contribution in [3.8, 4) is 0 Å². The molecular formula is C34H47N9O5S. The summed E-state index contributed by atoms with van der Waals surface area (Å²) in [4.78, 5) is 47.2. The van der Waals surface area contributed by atoms with E-state index in [0.717, 1.165) is 66.9 Å². The van der Waals surface area contributed by atoms with Gasteiger partial charge in [-0.3, -0.25) is 30.5 Å². The van der Waals surface area contributed by atoms with Gasteiger partial charge in [0.2, 0.25) is 11.8 Å². The second-order valence-corrected chi connectivity index (χ2v) is 14.9. The van der Waals surface area contributed by atoms with Crippen LogP contribution in [0.5, 0.6) is 0 Å². The minimum Gasteiger partial charge on any atom is -0.462 e. The molecule has 264 valence electrons. The minimum atomic E-state index is -0.306. The number of carbonyl (C=O) groups is 3. The fraction of sp³-hybridized carbons (Fsp3) is 0.618. The van der Waals surface area contributed by atoms with E-state index < -0.39 is 0 Å². The Morgan fingerprint density at radius 3 is 2.80 bits per heavy atom. The highest BCUT2D eigenvalue weighted by atomic mass is 32.1. The van der Waals surface area contributed by atoms with E-state index in [0.29, 0.717) is 37.7 Å². The second-order valence-electron chi connectivity index (χ2n) is 13.8. The first-order valence-corrected chi connectivity index (χ1v) is 18.5. The molecule has 2 aromatic rings. The van der Waals surface area contributed by atoms with Crippen LogP contribution in [0.1, 0.15) is 35.9 Å². The van der Waals surface area contributed by atoms with Crippen molar-refractivity contribution in [3.63, 3.8) is 0 Å². The van der Waals surface area contributed by atoms with Gasteiger partial charge in [0.25, 0.3) is 0 Å². The van der Waals surface area contributed by atoms with Crippen LogP contribution in [-0.2, 0) is 19.1 Å². The van der Waals surface area contributed by atoms with E-state index >= 15 is 0 Å². The number of benzene rings is 1. The number of hydrogen-bond acceptors (Lipinski definition) is 13. The number of amides is 2. The van der Waals surface area contributed by atoms with E-state index in [4.69, 9.17) is 9.47 Å². The topological polar surface area (TPSA) is 134 Å². The molecule has 2 amide bonds. The molecule has 6 atom stereocenters. The molecule has 0 saturated carbocycles. The number of fused-ring (bicyclic) bond motifs is 6. The third-order valence-electron chi connectivity index (χ3n) is 10.8. The molecular weight excluding hydrogens is 646 g/mol. The Bertz CT molecular complexity index is 1610. The summed E-state index contributed by atoms with van der Waals surface area (Å²) in [6.07, 6.45) is 5.94. The van der Waals surface area contributed by atoms with Crippen LogP contribution in [0.25, 0.3) is 10.1 Å². The molecule has 2 bridgehead atoms. The molecule has 6 aliphatic heterocycles. The van der Waals surface area contributed by atoms with Crippen molar-refractivity contribution in [1.82, 2.24) is 35.8 Å². The largest absolute Gasteiger partial charge is 0.462 e. The third kappa shape index (κ3) is 6.19. The van der Waals surface area contributed by atoms with Crippen molar-refractivity contribution < 1.29 is 23.9 Å². The summed E-state index contributed by atoms with van der Waals surface area (Å²) in [6.45, 7) is 8.20. The molecule has 6 unspecified atom stereocenters. The van der Waals surface area contributed by atoms with Crippen LogP contribution < -0.4 is 26.2 Å². The van der Waals surface area contributed by atoms with Gasteiger partial charge in [0.1, 0.15) is 24.0 Å². The number of morpholine rings is 1. The van der Waals surface area contributed by atoms with Crippen molar-refractivity contribution in [2.24, 2.45) is 5.92 Å². The second kappa shape index (κ2) is 13.8. The Labute approximate surface area is 290 Å². The summed E-state index contributed by atoms with van der Waals surface area (Å²) >= 11 is 1.49. The molecule has 5 saturated heterocycles. The summed E-state index contributed by atoms with van der Waals surface area (Å²) in [5.74, 6) is -0.400. The average Bonchev–Trinajstić information content (AvgIpc) is 3.61. The number of allylic oxidation sites excluding steroid dienone is 1. The normalized spacial score (nSPS) is 31.9. The number of hydrazine groups is 1. The lowest BCUT2D eigenvalue weighted by atomic mass is 9.95. The molecule has 1 aromatic carbocycles. The lowest BCUT2D eigenvalue weighted by Gasteiger charge is -2.50. The van der Waals surface area contributed by atoms with Crippen molar-refractivity contribution in [2.75, 3.05) is 82.8 Å². The highest BCUT2D eigenvalue weighted by Gasteiger charge is 2.53. The minimum absolute atomic E-state index is 0.00845. The maximum Gasteiger partial charge on any atom is 0.350 e.